The lowest BCUT2D eigenvalue weighted by molar-refractivity contribution is 0.00768. The Labute approximate surface area is 104 Å². The van der Waals surface area contributed by atoms with Crippen LogP contribution < -0.4 is 0 Å². The highest BCUT2D eigenvalue weighted by Crippen LogP contribution is 2.34. The lowest BCUT2D eigenvalue weighted by atomic mass is 10.0. The summed E-state index contributed by atoms with van der Waals surface area (Å²) in [5.74, 6) is 0.936. The second kappa shape index (κ2) is 3.96. The van der Waals surface area contributed by atoms with Gasteiger partial charge < -0.3 is 14.2 Å². The van der Waals surface area contributed by atoms with Crippen LogP contribution in [0.3, 0.4) is 0 Å². The van der Waals surface area contributed by atoms with Crippen LogP contribution in [0.2, 0.25) is 0 Å². The van der Waals surface area contributed by atoms with Crippen molar-refractivity contribution in [3.05, 3.63) is 23.7 Å². The van der Waals surface area contributed by atoms with Crippen molar-refractivity contribution in [1.82, 2.24) is 15.1 Å². The van der Waals surface area contributed by atoms with Gasteiger partial charge in [-0.05, 0) is 25.8 Å². The second-order valence-corrected chi connectivity index (χ2v) is 4.52. The molecule has 2 aromatic heterocycles. The minimum absolute atomic E-state index is 0.378. The molecule has 6 nitrogen and oxygen atoms in total. The van der Waals surface area contributed by atoms with Crippen LogP contribution in [0.15, 0.2) is 16.8 Å². The lowest BCUT2D eigenvalue weighted by Gasteiger charge is -2.17. The Morgan fingerprint density at radius 1 is 1.56 bits per heavy atom. The number of ether oxygens (including phenoxy) is 1. The first-order chi connectivity index (χ1) is 8.71. The molecule has 2 aromatic rings. The highest BCUT2D eigenvalue weighted by atomic mass is 16.5. The number of hydrogen-bond acceptors (Lipinski definition) is 5. The number of hydrogen-bond donors (Lipinski definition) is 1. The lowest BCUT2D eigenvalue weighted by Crippen LogP contribution is -2.21. The van der Waals surface area contributed by atoms with Crippen LogP contribution in [0.25, 0.3) is 11.6 Å². The molecule has 6 heteroatoms. The quantitative estimate of drug-likeness (QED) is 0.872. The van der Waals surface area contributed by atoms with Gasteiger partial charge in [0.2, 0.25) is 5.82 Å². The van der Waals surface area contributed by atoms with Gasteiger partial charge in [0.1, 0.15) is 17.4 Å². The smallest absolute Gasteiger partial charge is 0.274 e. The topological polar surface area (TPSA) is 87.7 Å². The Bertz CT molecular complexity index is 602. The summed E-state index contributed by atoms with van der Waals surface area (Å²) in [4.78, 5) is 7.27. The molecule has 3 rings (SSSR count). The first kappa shape index (κ1) is 11.0. The van der Waals surface area contributed by atoms with E-state index >= 15 is 0 Å². The average molecular weight is 244 g/mol. The molecule has 0 aromatic carbocycles. The van der Waals surface area contributed by atoms with E-state index in [-0.39, 0.29) is 0 Å². The summed E-state index contributed by atoms with van der Waals surface area (Å²) in [6, 6.07) is 3.72. The number of nitrogens with zero attached hydrogens (tertiary/aromatic N) is 3. The monoisotopic (exact) mass is 244 g/mol. The Morgan fingerprint density at radius 2 is 2.44 bits per heavy atom. The van der Waals surface area contributed by atoms with Gasteiger partial charge in [0.05, 0.1) is 5.56 Å². The van der Waals surface area contributed by atoms with Crippen molar-refractivity contribution >= 4 is 0 Å². The zero-order valence-electron chi connectivity index (χ0n) is 9.93. The van der Waals surface area contributed by atoms with Crippen LogP contribution in [0.1, 0.15) is 31.2 Å². The van der Waals surface area contributed by atoms with Gasteiger partial charge in [-0.15, -0.1) is 0 Å². The van der Waals surface area contributed by atoms with Gasteiger partial charge in [-0.25, -0.2) is 0 Å². The molecule has 0 radical (unpaired) electrons. The minimum atomic E-state index is -0.452. The summed E-state index contributed by atoms with van der Waals surface area (Å²) in [5, 5.41) is 12.7. The molecule has 0 saturated carbocycles. The molecular weight excluding hydrogens is 232 g/mol. The fraction of sp³-hybridized carbons (Fsp3) is 0.417. The molecule has 0 spiro atoms. The van der Waals surface area contributed by atoms with E-state index < -0.39 is 5.60 Å². The number of rotatable bonds is 2. The zero-order chi connectivity index (χ0) is 12.6. The Hall–Kier alpha value is -2.13. The van der Waals surface area contributed by atoms with Gasteiger partial charge in [-0.1, -0.05) is 5.16 Å². The van der Waals surface area contributed by atoms with E-state index in [1.807, 2.05) is 13.0 Å². The molecule has 1 fully saturated rings. The zero-order valence-corrected chi connectivity index (χ0v) is 9.93. The Morgan fingerprint density at radius 3 is 3.11 bits per heavy atom. The molecule has 0 amide bonds. The molecule has 0 aliphatic carbocycles. The SMILES string of the molecule is CC1(c2noc(-c3cc(C#N)c[nH]3)n2)CCCO1. The van der Waals surface area contributed by atoms with E-state index in [1.54, 1.807) is 12.3 Å². The largest absolute Gasteiger partial charge is 0.367 e. The molecular formula is C12H12N4O2. The molecule has 1 atom stereocenters. The molecule has 1 aliphatic rings. The van der Waals surface area contributed by atoms with Gasteiger partial charge in [0.25, 0.3) is 5.89 Å². The van der Waals surface area contributed by atoms with E-state index in [4.69, 9.17) is 14.5 Å². The van der Waals surface area contributed by atoms with Crippen molar-refractivity contribution in [3.63, 3.8) is 0 Å². The van der Waals surface area contributed by atoms with Crippen LogP contribution in [0, 0.1) is 11.3 Å². The molecule has 3 heterocycles. The summed E-state index contributed by atoms with van der Waals surface area (Å²) in [5.41, 5.74) is 0.729. The number of nitrogens with one attached hydrogen (secondary N) is 1. The van der Waals surface area contributed by atoms with Crippen LogP contribution in [-0.4, -0.2) is 21.7 Å². The molecule has 1 saturated heterocycles. The first-order valence-electron chi connectivity index (χ1n) is 5.78. The molecule has 0 bridgehead atoms. The highest BCUT2D eigenvalue weighted by Gasteiger charge is 2.36. The normalized spacial score (nSPS) is 23.1. The van der Waals surface area contributed by atoms with Crippen molar-refractivity contribution in [2.24, 2.45) is 0 Å². The van der Waals surface area contributed by atoms with Gasteiger partial charge in [-0.2, -0.15) is 10.2 Å². The van der Waals surface area contributed by atoms with Crippen molar-refractivity contribution in [1.29, 1.82) is 5.26 Å². The summed E-state index contributed by atoms with van der Waals surface area (Å²) in [6.45, 7) is 2.69. The van der Waals surface area contributed by atoms with Gasteiger partial charge in [0, 0.05) is 12.8 Å². The van der Waals surface area contributed by atoms with E-state index in [0.717, 1.165) is 19.4 Å². The van der Waals surface area contributed by atoms with Crippen LogP contribution in [0.4, 0.5) is 0 Å². The minimum Gasteiger partial charge on any atom is -0.367 e. The maximum Gasteiger partial charge on any atom is 0.274 e. The number of nitriles is 1. The summed E-state index contributed by atoms with van der Waals surface area (Å²) < 4.78 is 10.9. The van der Waals surface area contributed by atoms with Gasteiger partial charge in [0.15, 0.2) is 0 Å². The predicted molar refractivity (Wildman–Crippen MR) is 61.3 cm³/mol. The van der Waals surface area contributed by atoms with Gasteiger partial charge in [-0.3, -0.25) is 0 Å². The fourth-order valence-electron chi connectivity index (χ4n) is 2.09. The van der Waals surface area contributed by atoms with E-state index in [9.17, 15) is 0 Å². The Kier molecular flexibility index (Phi) is 2.42. The third-order valence-electron chi connectivity index (χ3n) is 3.16. The highest BCUT2D eigenvalue weighted by molar-refractivity contribution is 5.51. The van der Waals surface area contributed by atoms with Crippen molar-refractivity contribution in [2.45, 2.75) is 25.4 Å². The van der Waals surface area contributed by atoms with Crippen molar-refractivity contribution in [3.8, 4) is 17.7 Å². The van der Waals surface area contributed by atoms with E-state index in [2.05, 4.69) is 15.1 Å². The second-order valence-electron chi connectivity index (χ2n) is 4.52. The standard InChI is InChI=1S/C12H12N4O2/c1-12(3-2-4-17-12)11-15-10(18-16-11)9-5-8(6-13)7-14-9/h5,7,14H,2-4H2,1H3. The summed E-state index contributed by atoms with van der Waals surface area (Å²) >= 11 is 0. The van der Waals surface area contributed by atoms with E-state index in [0.29, 0.717) is 23.0 Å². The van der Waals surface area contributed by atoms with Gasteiger partial charge >= 0.3 is 0 Å². The molecule has 1 N–H and O–H groups in total. The Balaban J connectivity index is 1.92. The maximum absolute atomic E-state index is 8.76. The van der Waals surface area contributed by atoms with Crippen molar-refractivity contribution in [2.75, 3.05) is 6.61 Å². The van der Waals surface area contributed by atoms with Crippen molar-refractivity contribution < 1.29 is 9.26 Å². The molecule has 18 heavy (non-hydrogen) atoms. The maximum atomic E-state index is 8.76. The molecule has 92 valence electrons. The van der Waals surface area contributed by atoms with Crippen LogP contribution in [0.5, 0.6) is 0 Å². The fourth-order valence-corrected chi connectivity index (χ4v) is 2.09. The average Bonchev–Trinajstić information content (AvgIpc) is 3.08. The number of H-pyrrole nitrogens is 1. The third kappa shape index (κ3) is 1.69. The first-order valence-corrected chi connectivity index (χ1v) is 5.78. The summed E-state index contributed by atoms with van der Waals surface area (Å²) in [6.07, 6.45) is 3.49. The third-order valence-corrected chi connectivity index (χ3v) is 3.16. The molecule has 1 aliphatic heterocycles. The predicted octanol–water partition coefficient (Wildman–Crippen LogP) is 1.96. The summed E-state index contributed by atoms with van der Waals surface area (Å²) in [7, 11) is 0. The van der Waals surface area contributed by atoms with Crippen LogP contribution >= 0.6 is 0 Å². The van der Waals surface area contributed by atoms with Crippen LogP contribution in [-0.2, 0) is 10.3 Å². The number of aromatic nitrogens is 3. The number of aromatic amines is 1. The van der Waals surface area contributed by atoms with E-state index in [1.165, 1.54) is 0 Å². The molecule has 1 unspecified atom stereocenters.